The molecule has 2 atom stereocenters. The zero-order valence-electron chi connectivity index (χ0n) is 11.9. The van der Waals surface area contributed by atoms with Crippen LogP contribution in [0.15, 0.2) is 11.8 Å². The number of hydrogen-bond acceptors (Lipinski definition) is 4. The van der Waals surface area contributed by atoms with Crippen LogP contribution in [-0.4, -0.2) is 63.8 Å². The molecule has 20 heavy (non-hydrogen) atoms. The third-order valence-corrected chi connectivity index (χ3v) is 4.45. The quantitative estimate of drug-likeness (QED) is 0.786. The van der Waals surface area contributed by atoms with Crippen LogP contribution in [0.25, 0.3) is 0 Å². The molecule has 0 bridgehead atoms. The van der Waals surface area contributed by atoms with Crippen LogP contribution in [0.5, 0.6) is 0 Å². The van der Waals surface area contributed by atoms with Gasteiger partial charge in [-0.3, -0.25) is 9.69 Å². The zero-order chi connectivity index (χ0) is 14.1. The number of aliphatic hydroxyl groups is 2. The van der Waals surface area contributed by atoms with Crippen molar-refractivity contribution in [1.82, 2.24) is 9.80 Å². The summed E-state index contributed by atoms with van der Waals surface area (Å²) in [4.78, 5) is 16.4. The summed E-state index contributed by atoms with van der Waals surface area (Å²) >= 11 is 0. The maximum Gasteiger partial charge on any atom is 0.241 e. The molecule has 2 N–H and O–H groups in total. The summed E-state index contributed by atoms with van der Waals surface area (Å²) in [7, 11) is 0. The second kappa shape index (κ2) is 5.84. The molecule has 3 aliphatic rings. The smallest absolute Gasteiger partial charge is 0.241 e. The molecule has 0 aromatic heterocycles. The summed E-state index contributed by atoms with van der Waals surface area (Å²) in [6.45, 7) is 1.09. The van der Waals surface area contributed by atoms with Crippen LogP contribution >= 0.6 is 0 Å². The highest BCUT2D eigenvalue weighted by Gasteiger charge is 2.37. The minimum Gasteiger partial charge on any atom is -0.389 e. The van der Waals surface area contributed by atoms with Crippen molar-refractivity contribution in [3.8, 4) is 0 Å². The normalized spacial score (nSPS) is 31.2. The molecule has 112 valence electrons. The molecule has 0 radical (unpaired) electrons. The van der Waals surface area contributed by atoms with Crippen molar-refractivity contribution in [1.29, 1.82) is 0 Å². The van der Waals surface area contributed by atoms with Crippen LogP contribution in [0, 0.1) is 0 Å². The molecule has 0 spiro atoms. The molecular weight excluding hydrogens is 256 g/mol. The van der Waals surface area contributed by atoms with Crippen molar-refractivity contribution in [2.75, 3.05) is 19.6 Å². The Bertz CT molecular complexity index is 396. The maximum absolute atomic E-state index is 12.6. The van der Waals surface area contributed by atoms with Gasteiger partial charge in [0.2, 0.25) is 5.91 Å². The number of amides is 1. The predicted octanol–water partition coefficient (Wildman–Crippen LogP) is 0.473. The number of carbonyl (C=O) groups excluding carboxylic acids is 1. The van der Waals surface area contributed by atoms with E-state index in [1.54, 1.807) is 0 Å². The van der Waals surface area contributed by atoms with E-state index < -0.39 is 12.2 Å². The second-order valence-electron chi connectivity index (χ2n) is 6.26. The lowest BCUT2D eigenvalue weighted by atomic mass is 10.0. The minimum atomic E-state index is -0.717. The first-order valence-corrected chi connectivity index (χ1v) is 7.74. The van der Waals surface area contributed by atoms with Gasteiger partial charge in [0.1, 0.15) is 0 Å². The molecule has 2 aliphatic carbocycles. The molecule has 5 nitrogen and oxygen atoms in total. The third kappa shape index (κ3) is 3.05. The summed E-state index contributed by atoms with van der Waals surface area (Å²) in [5, 5.41) is 19.1. The van der Waals surface area contributed by atoms with Gasteiger partial charge < -0.3 is 15.1 Å². The van der Waals surface area contributed by atoms with Gasteiger partial charge in [0.15, 0.2) is 0 Å². The van der Waals surface area contributed by atoms with E-state index in [4.69, 9.17) is 0 Å². The van der Waals surface area contributed by atoms with Crippen LogP contribution in [0.4, 0.5) is 0 Å². The fraction of sp³-hybridized carbons (Fsp3) is 0.800. The van der Waals surface area contributed by atoms with Gasteiger partial charge >= 0.3 is 0 Å². The number of aliphatic hydroxyl groups excluding tert-OH is 2. The molecule has 1 heterocycles. The Kier molecular flexibility index (Phi) is 4.10. The molecule has 1 saturated carbocycles. The van der Waals surface area contributed by atoms with E-state index in [0.717, 1.165) is 25.7 Å². The number of likely N-dealkylation sites (tertiary alicyclic amines) is 1. The fourth-order valence-corrected chi connectivity index (χ4v) is 3.21. The Hall–Kier alpha value is -0.910. The highest BCUT2D eigenvalue weighted by molar-refractivity contribution is 5.81. The second-order valence-corrected chi connectivity index (χ2v) is 6.26. The van der Waals surface area contributed by atoms with Gasteiger partial charge in [0, 0.05) is 24.8 Å². The number of hydrogen-bond donors (Lipinski definition) is 2. The molecule has 0 aromatic rings. The van der Waals surface area contributed by atoms with E-state index in [1.807, 2.05) is 9.80 Å². The lowest BCUT2D eigenvalue weighted by molar-refractivity contribution is -0.131. The summed E-state index contributed by atoms with van der Waals surface area (Å²) in [5.41, 5.74) is 1.20. The molecule has 3 rings (SSSR count). The molecule has 1 aliphatic heterocycles. The van der Waals surface area contributed by atoms with E-state index in [9.17, 15) is 15.0 Å². The SMILES string of the molecule is O=C(CN1C[C@@H](O)[C@@H](O)C1)N(C1=CCCCC1)C1CC1. The summed E-state index contributed by atoms with van der Waals surface area (Å²) in [6, 6.07) is 0.393. The minimum absolute atomic E-state index is 0.127. The van der Waals surface area contributed by atoms with Crippen LogP contribution in [0.1, 0.15) is 38.5 Å². The van der Waals surface area contributed by atoms with E-state index in [-0.39, 0.29) is 5.91 Å². The molecule has 2 fully saturated rings. The van der Waals surface area contributed by atoms with Crippen molar-refractivity contribution >= 4 is 5.91 Å². The van der Waals surface area contributed by atoms with Gasteiger partial charge in [-0.2, -0.15) is 0 Å². The van der Waals surface area contributed by atoms with Crippen molar-refractivity contribution in [3.05, 3.63) is 11.8 Å². The summed E-state index contributed by atoms with van der Waals surface area (Å²) in [6.07, 6.45) is 7.47. The van der Waals surface area contributed by atoms with Crippen LogP contribution in [-0.2, 0) is 4.79 Å². The number of β-amino-alcohol motifs (C(OH)–C–C–N with tert-alkyl or cyclic N) is 2. The first kappa shape index (κ1) is 14.0. The predicted molar refractivity (Wildman–Crippen MR) is 74.9 cm³/mol. The Balaban J connectivity index is 1.63. The molecule has 1 saturated heterocycles. The molecule has 1 amide bonds. The number of carbonyl (C=O) groups is 1. The Labute approximate surface area is 119 Å². The van der Waals surface area contributed by atoms with Crippen molar-refractivity contribution in [2.24, 2.45) is 0 Å². The highest BCUT2D eigenvalue weighted by atomic mass is 16.3. The summed E-state index contributed by atoms with van der Waals surface area (Å²) < 4.78 is 0. The largest absolute Gasteiger partial charge is 0.389 e. The van der Waals surface area contributed by atoms with Gasteiger partial charge in [-0.25, -0.2) is 0 Å². The molecule has 0 aromatic carbocycles. The first-order chi connectivity index (χ1) is 9.65. The maximum atomic E-state index is 12.6. The monoisotopic (exact) mass is 280 g/mol. The average Bonchev–Trinajstić information content (AvgIpc) is 3.19. The lowest BCUT2D eigenvalue weighted by Gasteiger charge is -2.29. The number of rotatable bonds is 4. The van der Waals surface area contributed by atoms with Crippen LogP contribution in [0.2, 0.25) is 0 Å². The van der Waals surface area contributed by atoms with Crippen molar-refractivity contribution in [3.63, 3.8) is 0 Å². The van der Waals surface area contributed by atoms with E-state index in [2.05, 4.69) is 6.08 Å². The molecular formula is C15H24N2O3. The van der Waals surface area contributed by atoms with Gasteiger partial charge in [0.05, 0.1) is 18.8 Å². The zero-order valence-corrected chi connectivity index (χ0v) is 11.9. The Morgan fingerprint density at radius 3 is 2.50 bits per heavy atom. The van der Waals surface area contributed by atoms with Gasteiger partial charge in [-0.1, -0.05) is 6.08 Å². The van der Waals surface area contributed by atoms with Crippen LogP contribution < -0.4 is 0 Å². The Morgan fingerprint density at radius 2 is 1.95 bits per heavy atom. The fourth-order valence-electron chi connectivity index (χ4n) is 3.21. The van der Waals surface area contributed by atoms with Crippen molar-refractivity contribution in [2.45, 2.75) is 56.8 Å². The van der Waals surface area contributed by atoms with E-state index in [1.165, 1.54) is 18.5 Å². The van der Waals surface area contributed by atoms with Gasteiger partial charge in [-0.15, -0.1) is 0 Å². The number of allylic oxidation sites excluding steroid dienone is 2. The number of nitrogens with zero attached hydrogens (tertiary/aromatic N) is 2. The van der Waals surface area contributed by atoms with E-state index >= 15 is 0 Å². The standard InChI is InChI=1S/C15H24N2O3/c18-13-8-16(9-14(13)19)10-15(20)17(12-6-7-12)11-4-2-1-3-5-11/h4,12-14,18-19H,1-3,5-10H2/t13-,14+. The van der Waals surface area contributed by atoms with Gasteiger partial charge in [-0.05, 0) is 38.5 Å². The third-order valence-electron chi connectivity index (χ3n) is 4.45. The molecule has 0 unspecified atom stereocenters. The highest BCUT2D eigenvalue weighted by Crippen LogP contribution is 2.33. The lowest BCUT2D eigenvalue weighted by Crippen LogP contribution is -2.41. The summed E-state index contributed by atoms with van der Waals surface area (Å²) in [5.74, 6) is 0.127. The van der Waals surface area contributed by atoms with Crippen LogP contribution in [0.3, 0.4) is 0 Å². The van der Waals surface area contributed by atoms with E-state index in [0.29, 0.717) is 25.7 Å². The Morgan fingerprint density at radius 1 is 1.25 bits per heavy atom. The topological polar surface area (TPSA) is 64.0 Å². The first-order valence-electron chi connectivity index (χ1n) is 7.74. The molecule has 5 heteroatoms. The van der Waals surface area contributed by atoms with Crippen molar-refractivity contribution < 1.29 is 15.0 Å². The average molecular weight is 280 g/mol. The van der Waals surface area contributed by atoms with Gasteiger partial charge in [0.25, 0.3) is 0 Å².